The molecule has 0 amide bonds. The molecule has 3 atom stereocenters. The Morgan fingerprint density at radius 2 is 1.92 bits per heavy atom. The Kier molecular flexibility index (Phi) is 3.36. The molecule has 0 spiro atoms. The summed E-state index contributed by atoms with van der Waals surface area (Å²) < 4.78 is 0. The summed E-state index contributed by atoms with van der Waals surface area (Å²) in [5.74, 6) is 0. The summed E-state index contributed by atoms with van der Waals surface area (Å²) in [4.78, 5) is 0. The molecule has 1 fully saturated rings. The van der Waals surface area contributed by atoms with Crippen molar-refractivity contribution < 1.29 is 5.11 Å². The molecule has 0 aliphatic heterocycles. The molecule has 1 aliphatic carbocycles. The van der Waals surface area contributed by atoms with Gasteiger partial charge in [0.15, 0.2) is 0 Å². The molecule has 0 aromatic heterocycles. The van der Waals surface area contributed by atoms with E-state index in [1.807, 2.05) is 0 Å². The van der Waals surface area contributed by atoms with Crippen LogP contribution in [-0.2, 0) is 0 Å². The van der Waals surface area contributed by atoms with E-state index >= 15 is 0 Å². The van der Waals surface area contributed by atoms with Crippen LogP contribution in [0.15, 0.2) is 0 Å². The van der Waals surface area contributed by atoms with E-state index in [4.69, 9.17) is 0 Å². The molecule has 1 unspecified atom stereocenters. The Morgan fingerprint density at radius 1 is 1.31 bits per heavy atom. The van der Waals surface area contributed by atoms with E-state index < -0.39 is 0 Å². The summed E-state index contributed by atoms with van der Waals surface area (Å²) in [7, 11) is 0. The van der Waals surface area contributed by atoms with Gasteiger partial charge in [0, 0.05) is 12.1 Å². The van der Waals surface area contributed by atoms with Gasteiger partial charge < -0.3 is 10.4 Å². The summed E-state index contributed by atoms with van der Waals surface area (Å²) >= 11 is 0. The van der Waals surface area contributed by atoms with Crippen molar-refractivity contribution in [2.24, 2.45) is 5.41 Å². The molecule has 2 N–H and O–H groups in total. The van der Waals surface area contributed by atoms with Crippen LogP contribution in [0.1, 0.15) is 47.0 Å². The standard InChI is InChI=1S/C11H23NO/c1-8(11(2,3)4)12-9-6-5-7-10(9)13/h8-10,12-13H,5-7H2,1-4H3/t8?,9-,10-/m0/s1. The van der Waals surface area contributed by atoms with E-state index in [0.717, 1.165) is 19.3 Å². The fourth-order valence-electron chi connectivity index (χ4n) is 1.71. The lowest BCUT2D eigenvalue weighted by molar-refractivity contribution is 0.130. The Morgan fingerprint density at radius 3 is 2.31 bits per heavy atom. The smallest absolute Gasteiger partial charge is 0.0693 e. The van der Waals surface area contributed by atoms with Crippen molar-refractivity contribution in [3.05, 3.63) is 0 Å². The maximum absolute atomic E-state index is 9.64. The van der Waals surface area contributed by atoms with Gasteiger partial charge in [0.25, 0.3) is 0 Å². The normalized spacial score (nSPS) is 32.1. The van der Waals surface area contributed by atoms with E-state index in [-0.39, 0.29) is 11.5 Å². The van der Waals surface area contributed by atoms with Crippen LogP contribution in [0.4, 0.5) is 0 Å². The van der Waals surface area contributed by atoms with Crippen molar-refractivity contribution in [1.29, 1.82) is 0 Å². The minimum absolute atomic E-state index is 0.121. The van der Waals surface area contributed by atoms with Gasteiger partial charge in [-0.2, -0.15) is 0 Å². The van der Waals surface area contributed by atoms with E-state index in [1.54, 1.807) is 0 Å². The SMILES string of the molecule is CC(N[C@H]1CCC[C@@H]1O)C(C)(C)C. The molecule has 2 nitrogen and oxygen atoms in total. The topological polar surface area (TPSA) is 32.3 Å². The van der Waals surface area contributed by atoms with Crippen LogP contribution in [0.2, 0.25) is 0 Å². The molecule has 1 saturated carbocycles. The molecule has 2 heteroatoms. The van der Waals surface area contributed by atoms with Gasteiger partial charge in [-0.25, -0.2) is 0 Å². The van der Waals surface area contributed by atoms with Crippen molar-refractivity contribution in [3.8, 4) is 0 Å². The van der Waals surface area contributed by atoms with Gasteiger partial charge >= 0.3 is 0 Å². The molecule has 0 aromatic rings. The number of hydrogen-bond donors (Lipinski definition) is 2. The van der Waals surface area contributed by atoms with Crippen molar-refractivity contribution >= 4 is 0 Å². The zero-order valence-electron chi connectivity index (χ0n) is 9.30. The Balaban J connectivity index is 2.40. The predicted molar refractivity (Wildman–Crippen MR) is 55.7 cm³/mol. The van der Waals surface area contributed by atoms with Gasteiger partial charge in [-0.05, 0) is 31.6 Å². The lowest BCUT2D eigenvalue weighted by Gasteiger charge is -2.32. The molecular formula is C11H23NO. The first kappa shape index (κ1) is 11.0. The molecule has 1 aliphatic rings. The van der Waals surface area contributed by atoms with Crippen LogP contribution >= 0.6 is 0 Å². The Hall–Kier alpha value is -0.0800. The molecule has 0 heterocycles. The number of hydrogen-bond acceptors (Lipinski definition) is 2. The molecule has 13 heavy (non-hydrogen) atoms. The van der Waals surface area contributed by atoms with E-state index in [2.05, 4.69) is 33.0 Å². The van der Waals surface area contributed by atoms with Crippen LogP contribution in [-0.4, -0.2) is 23.3 Å². The second kappa shape index (κ2) is 3.97. The Labute approximate surface area is 81.7 Å². The minimum Gasteiger partial charge on any atom is -0.392 e. The summed E-state index contributed by atoms with van der Waals surface area (Å²) in [6.45, 7) is 8.88. The molecular weight excluding hydrogens is 162 g/mol. The van der Waals surface area contributed by atoms with Crippen LogP contribution < -0.4 is 5.32 Å². The van der Waals surface area contributed by atoms with Gasteiger partial charge in [-0.15, -0.1) is 0 Å². The van der Waals surface area contributed by atoms with Gasteiger partial charge in [-0.1, -0.05) is 20.8 Å². The highest BCUT2D eigenvalue weighted by Gasteiger charge is 2.29. The van der Waals surface area contributed by atoms with E-state index in [9.17, 15) is 5.11 Å². The lowest BCUT2D eigenvalue weighted by Crippen LogP contribution is -2.46. The number of nitrogens with one attached hydrogen (secondary N) is 1. The van der Waals surface area contributed by atoms with Crippen molar-refractivity contribution in [2.75, 3.05) is 0 Å². The quantitative estimate of drug-likeness (QED) is 0.689. The van der Waals surface area contributed by atoms with E-state index in [1.165, 1.54) is 0 Å². The highest BCUT2D eigenvalue weighted by Crippen LogP contribution is 2.24. The fourth-order valence-corrected chi connectivity index (χ4v) is 1.71. The fraction of sp³-hybridized carbons (Fsp3) is 1.00. The van der Waals surface area contributed by atoms with Gasteiger partial charge in [-0.3, -0.25) is 0 Å². The van der Waals surface area contributed by atoms with Crippen molar-refractivity contribution in [2.45, 2.75) is 65.1 Å². The van der Waals surface area contributed by atoms with E-state index in [0.29, 0.717) is 12.1 Å². The first-order valence-electron chi connectivity index (χ1n) is 5.35. The summed E-state index contributed by atoms with van der Waals surface area (Å²) in [5.41, 5.74) is 0.280. The van der Waals surface area contributed by atoms with Crippen LogP contribution in [0.5, 0.6) is 0 Å². The number of aliphatic hydroxyl groups is 1. The highest BCUT2D eigenvalue weighted by molar-refractivity contribution is 4.87. The van der Waals surface area contributed by atoms with Crippen molar-refractivity contribution in [3.63, 3.8) is 0 Å². The van der Waals surface area contributed by atoms with Crippen LogP contribution in [0.3, 0.4) is 0 Å². The zero-order valence-corrected chi connectivity index (χ0v) is 9.30. The average molecular weight is 185 g/mol. The summed E-state index contributed by atoms with van der Waals surface area (Å²) in [6, 6.07) is 0.791. The molecule has 0 bridgehead atoms. The second-order valence-electron chi connectivity index (χ2n) is 5.36. The zero-order chi connectivity index (χ0) is 10.1. The highest BCUT2D eigenvalue weighted by atomic mass is 16.3. The molecule has 0 aromatic carbocycles. The first-order valence-corrected chi connectivity index (χ1v) is 5.35. The first-order chi connectivity index (χ1) is 5.91. The van der Waals surface area contributed by atoms with Crippen LogP contribution in [0.25, 0.3) is 0 Å². The third kappa shape index (κ3) is 2.96. The lowest BCUT2D eigenvalue weighted by atomic mass is 9.87. The number of aliphatic hydroxyl groups excluding tert-OH is 1. The average Bonchev–Trinajstić information content (AvgIpc) is 2.34. The van der Waals surface area contributed by atoms with Gasteiger partial charge in [0.1, 0.15) is 0 Å². The minimum atomic E-state index is -0.121. The Bertz CT molecular complexity index is 162. The van der Waals surface area contributed by atoms with Crippen LogP contribution in [0, 0.1) is 5.41 Å². The molecule has 0 saturated heterocycles. The third-order valence-corrected chi connectivity index (χ3v) is 3.24. The molecule has 78 valence electrons. The monoisotopic (exact) mass is 185 g/mol. The van der Waals surface area contributed by atoms with Gasteiger partial charge in [0.2, 0.25) is 0 Å². The maximum Gasteiger partial charge on any atom is 0.0693 e. The maximum atomic E-state index is 9.64. The molecule has 1 rings (SSSR count). The van der Waals surface area contributed by atoms with Gasteiger partial charge in [0.05, 0.1) is 6.10 Å². The predicted octanol–water partition coefficient (Wildman–Crippen LogP) is 1.92. The summed E-state index contributed by atoms with van der Waals surface area (Å²) in [5, 5.41) is 13.2. The molecule has 0 radical (unpaired) electrons. The largest absolute Gasteiger partial charge is 0.392 e. The third-order valence-electron chi connectivity index (χ3n) is 3.24. The number of rotatable bonds is 2. The second-order valence-corrected chi connectivity index (χ2v) is 5.36. The van der Waals surface area contributed by atoms with Crippen molar-refractivity contribution in [1.82, 2.24) is 5.32 Å². The summed E-state index contributed by atoms with van der Waals surface area (Å²) in [6.07, 6.45) is 3.14.